The first-order valence-corrected chi connectivity index (χ1v) is 2.97. The van der Waals surface area contributed by atoms with Gasteiger partial charge in [0.25, 0.3) is 0 Å². The zero-order valence-corrected chi connectivity index (χ0v) is 4.96. The lowest BCUT2D eigenvalue weighted by molar-refractivity contribution is 0.665. The van der Waals surface area contributed by atoms with Gasteiger partial charge in [-0.3, -0.25) is 0 Å². The molecule has 0 bridgehead atoms. The van der Waals surface area contributed by atoms with Crippen molar-refractivity contribution in [1.82, 2.24) is 9.55 Å². The average molecular weight is 121 g/mol. The van der Waals surface area contributed by atoms with Gasteiger partial charge >= 0.3 is 0 Å². The summed E-state index contributed by atoms with van der Waals surface area (Å²) in [5, 5.41) is 2.94. The van der Waals surface area contributed by atoms with Crippen LogP contribution in [0.5, 0.6) is 0 Å². The van der Waals surface area contributed by atoms with Crippen LogP contribution in [-0.2, 0) is 6.54 Å². The highest BCUT2D eigenvalue weighted by atomic mass is 15.2. The van der Waals surface area contributed by atoms with Crippen LogP contribution >= 0.6 is 0 Å². The Bertz CT molecular complexity index is 183. The molecule has 2 rings (SSSR count). The van der Waals surface area contributed by atoms with E-state index < -0.39 is 0 Å². The van der Waals surface area contributed by atoms with E-state index in [2.05, 4.69) is 21.4 Å². The molecule has 1 aromatic heterocycles. The van der Waals surface area contributed by atoms with Crippen LogP contribution < -0.4 is 5.32 Å². The van der Waals surface area contributed by atoms with E-state index in [4.69, 9.17) is 0 Å². The first kappa shape index (κ1) is 4.85. The topological polar surface area (TPSA) is 29.9 Å². The zero-order chi connectivity index (χ0) is 6.10. The van der Waals surface area contributed by atoms with Crippen molar-refractivity contribution in [3.8, 4) is 0 Å². The van der Waals surface area contributed by atoms with Crippen LogP contribution in [0.15, 0.2) is 12.4 Å². The third-order valence-corrected chi connectivity index (χ3v) is 1.39. The van der Waals surface area contributed by atoms with Crippen molar-refractivity contribution in [2.45, 2.75) is 13.0 Å². The van der Waals surface area contributed by atoms with E-state index in [1.54, 1.807) is 6.20 Å². The number of aryl methyl sites for hydroxylation is 1. The van der Waals surface area contributed by atoms with Gasteiger partial charge in [-0.05, 0) is 6.42 Å². The molecule has 0 aromatic carbocycles. The monoisotopic (exact) mass is 121 g/mol. The van der Waals surface area contributed by atoms with E-state index in [-0.39, 0.29) is 0 Å². The molecule has 3 nitrogen and oxygen atoms in total. The molecule has 9 heavy (non-hydrogen) atoms. The standard InChI is InChI=1S/C6H7N3/c1-2-7-6-8-3-5-9(6)4-1/h3,5H,1,4H2,(H,7,8). The average Bonchev–Trinajstić information content (AvgIpc) is 2.33. The zero-order valence-electron chi connectivity index (χ0n) is 4.96. The highest BCUT2D eigenvalue weighted by molar-refractivity contribution is 5.30. The van der Waals surface area contributed by atoms with Gasteiger partial charge in [-0.2, -0.15) is 0 Å². The van der Waals surface area contributed by atoms with Crippen molar-refractivity contribution < 1.29 is 0 Å². The summed E-state index contributed by atoms with van der Waals surface area (Å²) in [4.78, 5) is 4.05. The number of anilines is 1. The molecule has 1 aliphatic rings. The third kappa shape index (κ3) is 0.686. The molecular weight excluding hydrogens is 114 g/mol. The highest BCUT2D eigenvalue weighted by Gasteiger charge is 2.06. The van der Waals surface area contributed by atoms with Crippen molar-refractivity contribution in [2.24, 2.45) is 0 Å². The summed E-state index contributed by atoms with van der Waals surface area (Å²) in [5.41, 5.74) is 0. The summed E-state index contributed by atoms with van der Waals surface area (Å²) in [6.45, 7) is 4.00. The predicted octanol–water partition coefficient (Wildman–Crippen LogP) is 0.737. The summed E-state index contributed by atoms with van der Waals surface area (Å²) in [7, 11) is 0. The normalized spacial score (nSPS) is 16.4. The molecule has 0 saturated heterocycles. The molecule has 1 aliphatic heterocycles. The Morgan fingerprint density at radius 3 is 3.67 bits per heavy atom. The fraction of sp³-hybridized carbons (Fsp3) is 0.333. The number of aromatic nitrogens is 2. The molecule has 0 saturated carbocycles. The molecule has 2 radical (unpaired) electrons. The first-order valence-electron chi connectivity index (χ1n) is 2.97. The smallest absolute Gasteiger partial charge is 0.203 e. The van der Waals surface area contributed by atoms with Gasteiger partial charge in [0.1, 0.15) is 0 Å². The molecule has 0 atom stereocenters. The van der Waals surface area contributed by atoms with E-state index in [9.17, 15) is 0 Å². The number of nitrogens with zero attached hydrogens (tertiary/aromatic N) is 2. The van der Waals surface area contributed by atoms with E-state index in [1.165, 1.54) is 0 Å². The van der Waals surface area contributed by atoms with Crippen molar-refractivity contribution >= 4 is 5.95 Å². The Hall–Kier alpha value is -0.990. The van der Waals surface area contributed by atoms with Gasteiger partial charge in [-0.15, -0.1) is 0 Å². The van der Waals surface area contributed by atoms with Gasteiger partial charge in [0, 0.05) is 18.9 Å². The molecular formula is C6H7N3. The molecule has 0 spiro atoms. The minimum atomic E-state index is 0.904. The quantitative estimate of drug-likeness (QED) is 0.548. The summed E-state index contributed by atoms with van der Waals surface area (Å²) < 4.78 is 2.07. The van der Waals surface area contributed by atoms with Crippen molar-refractivity contribution in [2.75, 3.05) is 5.32 Å². The Labute approximate surface area is 53.7 Å². The van der Waals surface area contributed by atoms with Gasteiger partial charge in [-0.25, -0.2) is 4.98 Å². The Morgan fingerprint density at radius 1 is 1.78 bits per heavy atom. The Kier molecular flexibility index (Phi) is 0.946. The van der Waals surface area contributed by atoms with Gasteiger partial charge in [0.2, 0.25) is 5.95 Å². The van der Waals surface area contributed by atoms with Crippen LogP contribution in [0.4, 0.5) is 5.95 Å². The van der Waals surface area contributed by atoms with Gasteiger partial charge in [0.15, 0.2) is 0 Å². The number of nitrogens with one attached hydrogen (secondary N) is 1. The lowest BCUT2D eigenvalue weighted by atomic mass is 10.4. The van der Waals surface area contributed by atoms with Crippen LogP contribution in [0.25, 0.3) is 0 Å². The highest BCUT2D eigenvalue weighted by Crippen LogP contribution is 2.11. The molecule has 0 unspecified atom stereocenters. The van der Waals surface area contributed by atoms with E-state index in [1.807, 2.05) is 6.20 Å². The van der Waals surface area contributed by atoms with Crippen molar-refractivity contribution in [1.29, 1.82) is 0 Å². The maximum atomic E-state index is 4.05. The number of hydrogen-bond acceptors (Lipinski definition) is 2. The summed E-state index contributed by atoms with van der Waals surface area (Å²) in [6, 6.07) is 0. The van der Waals surface area contributed by atoms with Crippen LogP contribution in [0.3, 0.4) is 0 Å². The lowest BCUT2D eigenvalue weighted by Gasteiger charge is -2.13. The predicted molar refractivity (Wildman–Crippen MR) is 33.7 cm³/mol. The van der Waals surface area contributed by atoms with E-state index in [0.717, 1.165) is 18.9 Å². The van der Waals surface area contributed by atoms with E-state index >= 15 is 0 Å². The third-order valence-electron chi connectivity index (χ3n) is 1.39. The fourth-order valence-corrected chi connectivity index (χ4v) is 0.932. The maximum absolute atomic E-state index is 4.05. The van der Waals surface area contributed by atoms with Crippen LogP contribution in [-0.4, -0.2) is 9.55 Å². The molecule has 46 valence electrons. The SMILES string of the molecule is [C]1CCn2ccnc2N1. The second-order valence-corrected chi connectivity index (χ2v) is 2.00. The van der Waals surface area contributed by atoms with Crippen LogP contribution in [0, 0.1) is 6.54 Å². The van der Waals surface area contributed by atoms with Gasteiger partial charge < -0.3 is 9.88 Å². The minimum absolute atomic E-state index is 0.904. The molecule has 1 aromatic rings. The maximum Gasteiger partial charge on any atom is 0.203 e. The Balaban J connectivity index is 2.39. The summed E-state index contributed by atoms with van der Waals surface area (Å²) in [5.74, 6) is 0.904. The molecule has 0 amide bonds. The van der Waals surface area contributed by atoms with Crippen LogP contribution in [0.2, 0.25) is 0 Å². The van der Waals surface area contributed by atoms with Gasteiger partial charge in [-0.1, -0.05) is 0 Å². The molecule has 0 fully saturated rings. The van der Waals surface area contributed by atoms with Gasteiger partial charge in [0.05, 0.1) is 6.54 Å². The van der Waals surface area contributed by atoms with Crippen molar-refractivity contribution in [3.63, 3.8) is 0 Å². The molecule has 0 aliphatic carbocycles. The number of imidazole rings is 1. The Morgan fingerprint density at radius 2 is 2.78 bits per heavy atom. The fourth-order valence-electron chi connectivity index (χ4n) is 0.932. The summed E-state index contributed by atoms with van der Waals surface area (Å²) >= 11 is 0. The van der Waals surface area contributed by atoms with Crippen LogP contribution in [0.1, 0.15) is 6.42 Å². The minimum Gasteiger partial charge on any atom is -0.345 e. The molecule has 2 heterocycles. The van der Waals surface area contributed by atoms with Crippen molar-refractivity contribution in [3.05, 3.63) is 18.9 Å². The molecule has 1 N–H and O–H groups in total. The molecule has 3 heteroatoms. The second-order valence-electron chi connectivity index (χ2n) is 2.00. The number of fused-ring (bicyclic) bond motifs is 1. The largest absolute Gasteiger partial charge is 0.345 e. The number of rotatable bonds is 0. The second kappa shape index (κ2) is 1.76. The first-order chi connectivity index (χ1) is 4.47. The van der Waals surface area contributed by atoms with E-state index in [0.29, 0.717) is 0 Å². The number of hydrogen-bond donors (Lipinski definition) is 1. The lowest BCUT2D eigenvalue weighted by Crippen LogP contribution is -2.12. The summed E-state index contributed by atoms with van der Waals surface area (Å²) in [6.07, 6.45) is 4.71.